The molecule has 6 nitrogen and oxygen atoms in total. The summed E-state index contributed by atoms with van der Waals surface area (Å²) < 4.78 is 17.3. The highest BCUT2D eigenvalue weighted by atomic mass is 16.7. The summed E-state index contributed by atoms with van der Waals surface area (Å²) in [5.74, 6) is 0.274. The van der Waals surface area contributed by atoms with Crippen LogP contribution in [-0.2, 0) is 14.2 Å². The number of carbonyl (C=O) groups is 1. The van der Waals surface area contributed by atoms with Gasteiger partial charge in [0.05, 0.1) is 19.8 Å². The maximum atomic E-state index is 12.3. The Morgan fingerprint density at radius 3 is 2.71 bits per heavy atom. The molecule has 1 spiro atoms. The lowest BCUT2D eigenvalue weighted by molar-refractivity contribution is -0.190. The molecule has 24 heavy (non-hydrogen) atoms. The van der Waals surface area contributed by atoms with Gasteiger partial charge in [0.2, 0.25) is 0 Å². The summed E-state index contributed by atoms with van der Waals surface area (Å²) in [4.78, 5) is 16.7. The lowest BCUT2D eigenvalue weighted by Crippen LogP contribution is -2.51. The first-order valence-corrected chi connectivity index (χ1v) is 9.28. The molecule has 1 aliphatic carbocycles. The summed E-state index contributed by atoms with van der Waals surface area (Å²) in [6, 6.07) is 0. The molecule has 4 fully saturated rings. The number of piperidine rings is 2. The van der Waals surface area contributed by atoms with Gasteiger partial charge >= 0.3 is 6.09 Å². The van der Waals surface area contributed by atoms with Gasteiger partial charge in [-0.25, -0.2) is 4.79 Å². The predicted molar refractivity (Wildman–Crippen MR) is 88.7 cm³/mol. The van der Waals surface area contributed by atoms with Crippen LogP contribution in [0.15, 0.2) is 0 Å². The molecule has 3 saturated heterocycles. The maximum Gasteiger partial charge on any atom is 0.410 e. The fourth-order valence-electron chi connectivity index (χ4n) is 4.69. The summed E-state index contributed by atoms with van der Waals surface area (Å²) in [5, 5.41) is 0. The molecule has 0 N–H and O–H groups in total. The van der Waals surface area contributed by atoms with Gasteiger partial charge in [-0.2, -0.15) is 0 Å². The van der Waals surface area contributed by atoms with Crippen LogP contribution in [0.1, 0.15) is 40.0 Å². The molecule has 6 heteroatoms. The first-order valence-electron chi connectivity index (χ1n) is 9.28. The monoisotopic (exact) mass is 338 g/mol. The van der Waals surface area contributed by atoms with Crippen molar-refractivity contribution in [2.45, 2.75) is 51.4 Å². The van der Waals surface area contributed by atoms with Crippen LogP contribution >= 0.6 is 0 Å². The second-order valence-electron chi connectivity index (χ2n) is 9.05. The molecule has 0 aromatic rings. The number of likely N-dealkylation sites (tertiary alicyclic amines) is 2. The minimum Gasteiger partial charge on any atom is -0.444 e. The van der Waals surface area contributed by atoms with Crippen molar-refractivity contribution in [3.05, 3.63) is 0 Å². The van der Waals surface area contributed by atoms with Crippen LogP contribution < -0.4 is 0 Å². The maximum absolute atomic E-state index is 12.3. The van der Waals surface area contributed by atoms with Crippen LogP contribution in [0.5, 0.6) is 0 Å². The van der Waals surface area contributed by atoms with Crippen molar-refractivity contribution in [2.24, 2.45) is 11.3 Å². The minimum absolute atomic E-state index is 0.161. The molecule has 2 atom stereocenters. The number of nitrogens with zero attached hydrogens (tertiary/aromatic N) is 2. The number of ether oxygens (including phenoxy) is 3. The molecule has 0 radical (unpaired) electrons. The van der Waals surface area contributed by atoms with Crippen LogP contribution in [0.25, 0.3) is 0 Å². The quantitative estimate of drug-likeness (QED) is 0.772. The summed E-state index contributed by atoms with van der Waals surface area (Å²) in [6.07, 6.45) is 3.20. The van der Waals surface area contributed by atoms with E-state index in [0.717, 1.165) is 45.6 Å². The van der Waals surface area contributed by atoms with Gasteiger partial charge in [0.25, 0.3) is 0 Å². The highest BCUT2D eigenvalue weighted by Crippen LogP contribution is 2.58. The molecule has 0 aromatic heterocycles. The van der Waals surface area contributed by atoms with Crippen molar-refractivity contribution in [3.63, 3.8) is 0 Å². The van der Waals surface area contributed by atoms with Gasteiger partial charge in [-0.15, -0.1) is 0 Å². The standard InChI is InChI=1S/C18H30N2O4/c1-16(2,3)24-15(21)20-10-14-9-17(14,12-20)11-19-6-4-5-18(13-19)22-7-8-23-18/h14H,4-13H2,1-3H3/t14-,17+/m1/s1. The first-order chi connectivity index (χ1) is 11.3. The third kappa shape index (κ3) is 3.16. The van der Waals surface area contributed by atoms with E-state index in [0.29, 0.717) is 19.1 Å². The summed E-state index contributed by atoms with van der Waals surface area (Å²) in [7, 11) is 0. The number of hydrogen-bond acceptors (Lipinski definition) is 5. The van der Waals surface area contributed by atoms with E-state index >= 15 is 0 Å². The molecule has 0 bridgehead atoms. The third-order valence-electron chi connectivity index (χ3n) is 5.81. The largest absolute Gasteiger partial charge is 0.444 e. The Balaban J connectivity index is 1.34. The highest BCUT2D eigenvalue weighted by Gasteiger charge is 2.62. The molecular formula is C18H30N2O4. The van der Waals surface area contributed by atoms with Crippen molar-refractivity contribution in [1.82, 2.24) is 9.80 Å². The number of amides is 1. The zero-order chi connectivity index (χ0) is 17.0. The van der Waals surface area contributed by atoms with Gasteiger partial charge in [-0.05, 0) is 46.1 Å². The van der Waals surface area contributed by atoms with Crippen molar-refractivity contribution in [2.75, 3.05) is 45.9 Å². The Morgan fingerprint density at radius 1 is 1.25 bits per heavy atom. The van der Waals surface area contributed by atoms with Gasteiger partial charge < -0.3 is 19.1 Å². The van der Waals surface area contributed by atoms with Crippen LogP contribution in [0.3, 0.4) is 0 Å². The minimum atomic E-state index is -0.423. The lowest BCUT2D eigenvalue weighted by atomic mass is 10.00. The highest BCUT2D eigenvalue weighted by molar-refractivity contribution is 5.69. The second-order valence-corrected chi connectivity index (χ2v) is 9.05. The Labute approximate surface area is 144 Å². The van der Waals surface area contributed by atoms with Crippen molar-refractivity contribution < 1.29 is 19.0 Å². The summed E-state index contributed by atoms with van der Waals surface area (Å²) >= 11 is 0. The van der Waals surface area contributed by atoms with E-state index in [1.54, 1.807) is 0 Å². The van der Waals surface area contributed by atoms with Crippen LogP contribution in [0.4, 0.5) is 4.79 Å². The van der Waals surface area contributed by atoms with E-state index in [-0.39, 0.29) is 17.3 Å². The second kappa shape index (κ2) is 5.58. The van der Waals surface area contributed by atoms with E-state index in [9.17, 15) is 4.79 Å². The average Bonchev–Trinajstić information content (AvgIpc) is 2.82. The predicted octanol–water partition coefficient (Wildman–Crippen LogP) is 2.08. The fourth-order valence-corrected chi connectivity index (χ4v) is 4.69. The smallest absolute Gasteiger partial charge is 0.410 e. The SMILES string of the molecule is CC(C)(C)OC(=O)N1C[C@H]2C[C@]2(CN2CCCC3(C2)OCCO3)C1. The molecule has 4 aliphatic rings. The Morgan fingerprint density at radius 2 is 2.00 bits per heavy atom. The van der Waals surface area contributed by atoms with Crippen LogP contribution in [-0.4, -0.2) is 73.2 Å². The Hall–Kier alpha value is -0.850. The van der Waals surface area contributed by atoms with E-state index in [4.69, 9.17) is 14.2 Å². The van der Waals surface area contributed by atoms with Crippen LogP contribution in [0, 0.1) is 11.3 Å². The van der Waals surface area contributed by atoms with Crippen molar-refractivity contribution >= 4 is 6.09 Å². The topological polar surface area (TPSA) is 51.2 Å². The lowest BCUT2D eigenvalue weighted by Gasteiger charge is -2.40. The normalized spacial score (nSPS) is 35.3. The van der Waals surface area contributed by atoms with Gasteiger partial charge in [0.15, 0.2) is 5.79 Å². The first kappa shape index (κ1) is 16.6. The zero-order valence-electron chi connectivity index (χ0n) is 15.2. The number of hydrogen-bond donors (Lipinski definition) is 0. The van der Waals surface area contributed by atoms with E-state index in [1.807, 2.05) is 25.7 Å². The number of fused-ring (bicyclic) bond motifs is 1. The third-order valence-corrected chi connectivity index (χ3v) is 5.81. The van der Waals surface area contributed by atoms with Gasteiger partial charge in [0.1, 0.15) is 5.60 Å². The van der Waals surface area contributed by atoms with Crippen molar-refractivity contribution in [3.8, 4) is 0 Å². The molecule has 1 amide bonds. The molecule has 3 aliphatic heterocycles. The van der Waals surface area contributed by atoms with Gasteiger partial charge in [-0.1, -0.05) is 0 Å². The number of carbonyl (C=O) groups excluding carboxylic acids is 1. The molecule has 3 heterocycles. The van der Waals surface area contributed by atoms with Crippen LogP contribution in [0.2, 0.25) is 0 Å². The molecule has 4 rings (SSSR count). The number of rotatable bonds is 2. The average molecular weight is 338 g/mol. The molecular weight excluding hydrogens is 308 g/mol. The Bertz CT molecular complexity index is 512. The van der Waals surface area contributed by atoms with E-state index < -0.39 is 5.60 Å². The molecule has 0 unspecified atom stereocenters. The molecule has 136 valence electrons. The van der Waals surface area contributed by atoms with E-state index in [1.165, 1.54) is 6.42 Å². The zero-order valence-corrected chi connectivity index (χ0v) is 15.2. The van der Waals surface area contributed by atoms with Gasteiger partial charge in [0, 0.05) is 31.5 Å². The molecule has 1 saturated carbocycles. The van der Waals surface area contributed by atoms with E-state index in [2.05, 4.69) is 4.90 Å². The van der Waals surface area contributed by atoms with Gasteiger partial charge in [-0.3, -0.25) is 4.90 Å². The van der Waals surface area contributed by atoms with Crippen molar-refractivity contribution in [1.29, 1.82) is 0 Å². The summed E-state index contributed by atoms with van der Waals surface area (Å²) in [6.45, 7) is 11.9. The molecule has 0 aromatic carbocycles. The fraction of sp³-hybridized carbons (Fsp3) is 0.944. The Kier molecular flexibility index (Phi) is 3.86. The summed E-state index contributed by atoms with van der Waals surface area (Å²) in [5.41, 5.74) is -0.151.